The highest BCUT2D eigenvalue weighted by Crippen LogP contribution is 2.19. The van der Waals surface area contributed by atoms with Gasteiger partial charge in [0.25, 0.3) is 0 Å². The number of amides is 1. The quantitative estimate of drug-likeness (QED) is 0.760. The van der Waals surface area contributed by atoms with E-state index in [0.717, 1.165) is 6.42 Å². The molecule has 1 aromatic carbocycles. The van der Waals surface area contributed by atoms with Gasteiger partial charge in [-0.15, -0.1) is 0 Å². The maximum Gasteiger partial charge on any atom is 0.225 e. The van der Waals surface area contributed by atoms with Crippen LogP contribution in [0.25, 0.3) is 0 Å². The molecule has 0 aliphatic rings. The molecule has 4 nitrogen and oxygen atoms in total. The second kappa shape index (κ2) is 7.98. The van der Waals surface area contributed by atoms with Crippen molar-refractivity contribution in [2.24, 2.45) is 5.92 Å². The SMILES string of the molecule is CC(C)CC(C)N(C)CCC(=O)Nc1ccc(F)cc1N. The molecule has 1 aromatic rings. The van der Waals surface area contributed by atoms with Crippen LogP contribution in [-0.2, 0) is 4.79 Å². The van der Waals surface area contributed by atoms with Gasteiger partial charge < -0.3 is 16.0 Å². The van der Waals surface area contributed by atoms with Gasteiger partial charge in [-0.2, -0.15) is 0 Å². The summed E-state index contributed by atoms with van der Waals surface area (Å²) in [5.41, 5.74) is 6.36. The first kappa shape index (κ1) is 17.4. The Morgan fingerprint density at radius 3 is 2.62 bits per heavy atom. The molecule has 0 bridgehead atoms. The molecule has 5 heteroatoms. The molecular formula is C16H26FN3O. The average Bonchev–Trinajstić information content (AvgIpc) is 2.38. The summed E-state index contributed by atoms with van der Waals surface area (Å²) < 4.78 is 12.9. The lowest BCUT2D eigenvalue weighted by atomic mass is 10.0. The minimum Gasteiger partial charge on any atom is -0.397 e. The molecule has 1 amide bonds. The number of carbonyl (C=O) groups is 1. The number of carbonyl (C=O) groups excluding carboxylic acids is 1. The standard InChI is InChI=1S/C16H26FN3O/c1-11(2)9-12(3)20(4)8-7-16(21)19-15-6-5-13(17)10-14(15)18/h5-6,10-12H,7-9,18H2,1-4H3,(H,19,21). The minimum absolute atomic E-state index is 0.114. The Morgan fingerprint density at radius 1 is 1.38 bits per heavy atom. The summed E-state index contributed by atoms with van der Waals surface area (Å²) in [5.74, 6) is 0.111. The van der Waals surface area contributed by atoms with Crippen LogP contribution in [0.3, 0.4) is 0 Å². The molecule has 0 aliphatic heterocycles. The van der Waals surface area contributed by atoms with Crippen molar-refractivity contribution in [3.8, 4) is 0 Å². The number of hydrogen-bond donors (Lipinski definition) is 2. The summed E-state index contributed by atoms with van der Waals surface area (Å²) in [5, 5.41) is 2.72. The number of rotatable bonds is 7. The molecule has 21 heavy (non-hydrogen) atoms. The Balaban J connectivity index is 2.43. The van der Waals surface area contributed by atoms with Gasteiger partial charge in [0.2, 0.25) is 5.91 Å². The van der Waals surface area contributed by atoms with Crippen LogP contribution in [0.4, 0.5) is 15.8 Å². The smallest absolute Gasteiger partial charge is 0.225 e. The summed E-state index contributed by atoms with van der Waals surface area (Å²) >= 11 is 0. The Hall–Kier alpha value is -1.62. The second-order valence-corrected chi connectivity index (χ2v) is 5.99. The minimum atomic E-state index is -0.409. The highest BCUT2D eigenvalue weighted by molar-refractivity contribution is 5.93. The highest BCUT2D eigenvalue weighted by Gasteiger charge is 2.13. The largest absolute Gasteiger partial charge is 0.397 e. The second-order valence-electron chi connectivity index (χ2n) is 5.99. The first-order valence-electron chi connectivity index (χ1n) is 7.34. The first-order chi connectivity index (χ1) is 9.79. The van der Waals surface area contributed by atoms with E-state index >= 15 is 0 Å². The fraction of sp³-hybridized carbons (Fsp3) is 0.562. The Bertz CT molecular complexity index is 477. The van der Waals surface area contributed by atoms with E-state index in [9.17, 15) is 9.18 Å². The predicted octanol–water partition coefficient (Wildman–Crippen LogP) is 3.10. The van der Waals surface area contributed by atoms with E-state index in [0.29, 0.717) is 30.6 Å². The van der Waals surface area contributed by atoms with Gasteiger partial charge >= 0.3 is 0 Å². The van der Waals surface area contributed by atoms with Crippen molar-refractivity contribution in [1.82, 2.24) is 4.90 Å². The van der Waals surface area contributed by atoms with Crippen molar-refractivity contribution in [2.45, 2.75) is 39.7 Å². The van der Waals surface area contributed by atoms with Crippen molar-refractivity contribution in [2.75, 3.05) is 24.6 Å². The fourth-order valence-corrected chi connectivity index (χ4v) is 2.22. The van der Waals surface area contributed by atoms with Gasteiger partial charge in [0.05, 0.1) is 11.4 Å². The Morgan fingerprint density at radius 2 is 2.05 bits per heavy atom. The Labute approximate surface area is 126 Å². The molecule has 0 spiro atoms. The number of nitrogens with two attached hydrogens (primary N) is 1. The van der Waals surface area contributed by atoms with Gasteiger partial charge in [0, 0.05) is 19.0 Å². The van der Waals surface area contributed by atoms with Crippen LogP contribution in [0.2, 0.25) is 0 Å². The maximum absolute atomic E-state index is 12.9. The first-order valence-corrected chi connectivity index (χ1v) is 7.34. The predicted molar refractivity (Wildman–Crippen MR) is 85.6 cm³/mol. The van der Waals surface area contributed by atoms with Crippen LogP contribution in [0, 0.1) is 11.7 Å². The number of nitrogens with zero attached hydrogens (tertiary/aromatic N) is 1. The third kappa shape index (κ3) is 6.12. The summed E-state index contributed by atoms with van der Waals surface area (Å²) in [7, 11) is 2.02. The van der Waals surface area contributed by atoms with E-state index < -0.39 is 5.82 Å². The van der Waals surface area contributed by atoms with E-state index in [1.807, 2.05) is 7.05 Å². The molecule has 0 aliphatic carbocycles. The number of halogens is 1. The molecule has 1 rings (SSSR count). The lowest BCUT2D eigenvalue weighted by molar-refractivity contribution is -0.116. The summed E-state index contributed by atoms with van der Waals surface area (Å²) in [4.78, 5) is 14.1. The number of nitrogen functional groups attached to an aromatic ring is 1. The van der Waals surface area contributed by atoms with Crippen molar-refractivity contribution >= 4 is 17.3 Å². The van der Waals surface area contributed by atoms with E-state index in [-0.39, 0.29) is 11.6 Å². The van der Waals surface area contributed by atoms with Crippen molar-refractivity contribution < 1.29 is 9.18 Å². The lowest BCUT2D eigenvalue weighted by Crippen LogP contribution is -2.33. The fourth-order valence-electron chi connectivity index (χ4n) is 2.22. The number of benzene rings is 1. The van der Waals surface area contributed by atoms with Crippen LogP contribution < -0.4 is 11.1 Å². The van der Waals surface area contributed by atoms with Crippen LogP contribution in [-0.4, -0.2) is 30.4 Å². The highest BCUT2D eigenvalue weighted by atomic mass is 19.1. The zero-order chi connectivity index (χ0) is 16.0. The third-order valence-corrected chi connectivity index (χ3v) is 3.54. The molecule has 0 heterocycles. The summed E-state index contributed by atoms with van der Waals surface area (Å²) in [6, 6.07) is 4.40. The van der Waals surface area contributed by atoms with Gasteiger partial charge in [0.1, 0.15) is 5.82 Å². The molecular weight excluding hydrogens is 269 g/mol. The molecule has 3 N–H and O–H groups in total. The molecule has 0 fully saturated rings. The van der Waals surface area contributed by atoms with Gasteiger partial charge in [0.15, 0.2) is 0 Å². The summed E-state index contributed by atoms with van der Waals surface area (Å²) in [6.45, 7) is 7.22. The molecule has 0 saturated carbocycles. The molecule has 1 atom stereocenters. The van der Waals surface area contributed by atoms with E-state index in [2.05, 4.69) is 31.0 Å². The van der Waals surface area contributed by atoms with Crippen molar-refractivity contribution in [3.05, 3.63) is 24.0 Å². The summed E-state index contributed by atoms with van der Waals surface area (Å²) in [6.07, 6.45) is 1.48. The van der Waals surface area contributed by atoms with Gasteiger partial charge in [-0.1, -0.05) is 13.8 Å². The lowest BCUT2D eigenvalue weighted by Gasteiger charge is -2.25. The van der Waals surface area contributed by atoms with Crippen LogP contribution in [0.1, 0.15) is 33.6 Å². The van der Waals surface area contributed by atoms with Crippen molar-refractivity contribution in [1.29, 1.82) is 0 Å². The van der Waals surface area contributed by atoms with Crippen LogP contribution in [0.5, 0.6) is 0 Å². The van der Waals surface area contributed by atoms with E-state index in [1.54, 1.807) is 0 Å². The normalized spacial score (nSPS) is 12.7. The van der Waals surface area contributed by atoms with Gasteiger partial charge in [-0.25, -0.2) is 4.39 Å². The Kier molecular flexibility index (Phi) is 6.62. The molecule has 0 aromatic heterocycles. The zero-order valence-electron chi connectivity index (χ0n) is 13.3. The van der Waals surface area contributed by atoms with E-state index in [4.69, 9.17) is 5.73 Å². The molecule has 118 valence electrons. The molecule has 1 unspecified atom stereocenters. The molecule has 0 radical (unpaired) electrons. The zero-order valence-corrected chi connectivity index (χ0v) is 13.3. The maximum atomic E-state index is 12.9. The van der Waals surface area contributed by atoms with Crippen molar-refractivity contribution in [3.63, 3.8) is 0 Å². The third-order valence-electron chi connectivity index (χ3n) is 3.54. The van der Waals surface area contributed by atoms with Gasteiger partial charge in [-0.3, -0.25) is 4.79 Å². The number of hydrogen-bond acceptors (Lipinski definition) is 3. The van der Waals surface area contributed by atoms with Crippen LogP contribution >= 0.6 is 0 Å². The number of anilines is 2. The number of nitrogens with one attached hydrogen (secondary N) is 1. The van der Waals surface area contributed by atoms with Gasteiger partial charge in [-0.05, 0) is 44.5 Å². The topological polar surface area (TPSA) is 58.4 Å². The van der Waals surface area contributed by atoms with E-state index in [1.165, 1.54) is 18.2 Å². The molecule has 0 saturated heterocycles. The average molecular weight is 295 g/mol. The monoisotopic (exact) mass is 295 g/mol. The van der Waals surface area contributed by atoms with Crippen LogP contribution in [0.15, 0.2) is 18.2 Å².